The Morgan fingerprint density at radius 1 is 0.809 bits per heavy atom. The number of esters is 1. The normalized spacial score (nSPS) is 14.1. The number of hydrogen-bond donors (Lipinski definition) is 2. The van der Waals surface area contributed by atoms with Gasteiger partial charge in [-0.1, -0.05) is 82.9 Å². The van der Waals surface area contributed by atoms with Crippen LogP contribution in [0, 0.1) is 0 Å². The average Bonchev–Trinajstić information content (AvgIpc) is 3.59. The van der Waals surface area contributed by atoms with Crippen molar-refractivity contribution in [3.05, 3.63) is 51.7 Å². The summed E-state index contributed by atoms with van der Waals surface area (Å²) in [4.78, 5) is 40.5. The number of carbonyl (C=O) groups excluding carboxylic acids is 3. The Kier molecular flexibility index (Phi) is 19.4. The van der Waals surface area contributed by atoms with Crippen LogP contribution in [0.4, 0.5) is 0 Å². The summed E-state index contributed by atoms with van der Waals surface area (Å²) in [6, 6.07) is 11.0. The largest absolute Gasteiger partial charge is 0.426 e. The monoisotopic (exact) mass is 667 g/mol. The Balaban J connectivity index is 1.22. The number of nitrogens with zero attached hydrogens (tertiary/aromatic N) is 1. The highest BCUT2D eigenvalue weighted by atomic mass is 32.1. The second-order valence-corrected chi connectivity index (χ2v) is 14.1. The van der Waals surface area contributed by atoms with Crippen LogP contribution in [0.5, 0.6) is 5.75 Å². The number of benzene rings is 1. The Hall–Kier alpha value is -2.71. The smallest absolute Gasteiger partial charge is 0.312 e. The molecule has 2 aromatic rings. The molecule has 0 unspecified atom stereocenters. The lowest BCUT2D eigenvalue weighted by Crippen LogP contribution is -2.41. The van der Waals surface area contributed by atoms with E-state index in [-0.39, 0.29) is 24.2 Å². The van der Waals surface area contributed by atoms with E-state index >= 15 is 0 Å². The van der Waals surface area contributed by atoms with Crippen molar-refractivity contribution in [1.82, 2.24) is 15.5 Å². The molecule has 1 heterocycles. The van der Waals surface area contributed by atoms with Gasteiger partial charge in [-0.15, -0.1) is 11.3 Å². The van der Waals surface area contributed by atoms with Gasteiger partial charge in [0.1, 0.15) is 5.75 Å². The van der Waals surface area contributed by atoms with Crippen molar-refractivity contribution in [3.8, 4) is 5.75 Å². The number of thiophene rings is 1. The molecule has 0 fully saturated rings. The van der Waals surface area contributed by atoms with E-state index in [4.69, 9.17) is 4.74 Å². The molecule has 0 spiro atoms. The van der Waals surface area contributed by atoms with E-state index in [1.165, 1.54) is 60.9 Å². The van der Waals surface area contributed by atoms with Gasteiger partial charge in [0.05, 0.1) is 6.42 Å². The minimum Gasteiger partial charge on any atom is -0.426 e. The number of fused-ring (bicyclic) bond motifs is 1. The van der Waals surface area contributed by atoms with Crippen LogP contribution in [0.15, 0.2) is 35.7 Å². The van der Waals surface area contributed by atoms with Crippen molar-refractivity contribution in [1.29, 1.82) is 0 Å². The Morgan fingerprint density at radius 2 is 1.47 bits per heavy atom. The van der Waals surface area contributed by atoms with E-state index < -0.39 is 0 Å². The molecule has 2 N–H and O–H groups in total. The second kappa shape index (κ2) is 23.6. The molecule has 7 nitrogen and oxygen atoms in total. The summed E-state index contributed by atoms with van der Waals surface area (Å²) in [6.07, 6.45) is 19.3. The third-order valence-corrected chi connectivity index (χ3v) is 10.2. The molecule has 1 aromatic heterocycles. The van der Waals surface area contributed by atoms with Crippen molar-refractivity contribution in [2.45, 2.75) is 142 Å². The zero-order chi connectivity index (χ0) is 33.5. The van der Waals surface area contributed by atoms with E-state index in [1.807, 2.05) is 30.4 Å². The van der Waals surface area contributed by atoms with Gasteiger partial charge >= 0.3 is 5.97 Å². The fraction of sp³-hybridized carbons (Fsp3) is 0.667. The van der Waals surface area contributed by atoms with Crippen LogP contribution in [0.1, 0.15) is 133 Å². The second-order valence-electron chi connectivity index (χ2n) is 13.1. The van der Waals surface area contributed by atoms with Crippen molar-refractivity contribution >= 4 is 29.1 Å². The van der Waals surface area contributed by atoms with Crippen LogP contribution >= 0.6 is 11.3 Å². The zero-order valence-electron chi connectivity index (χ0n) is 29.3. The van der Waals surface area contributed by atoms with Gasteiger partial charge in [-0.25, -0.2) is 0 Å². The molecule has 1 aliphatic rings. The first-order valence-electron chi connectivity index (χ1n) is 18.6. The molecule has 8 heteroatoms. The van der Waals surface area contributed by atoms with Gasteiger partial charge in [-0.3, -0.25) is 19.3 Å². The van der Waals surface area contributed by atoms with Gasteiger partial charge in [-0.2, -0.15) is 0 Å². The number of nitrogens with one attached hydrogen (secondary N) is 2. The standard InChI is InChI=1S/C39H61N3O4S/c1-3-28-42(29-26-34-19-17-30-47-34)33-23-24-35-32(31-33)18-16-20-36(35)46-39(45)25-27-41-38(44)22-15-13-11-9-7-5-6-8-10-12-14-21-37(43)40-4-2/h16-20,30,33H,3-15,21-29,31H2,1-2H3,(H,40,43)(H,41,44)/t33-/m0/s1. The van der Waals surface area contributed by atoms with E-state index in [0.717, 1.165) is 77.4 Å². The van der Waals surface area contributed by atoms with Gasteiger partial charge in [0.15, 0.2) is 0 Å². The highest BCUT2D eigenvalue weighted by Crippen LogP contribution is 2.32. The first kappa shape index (κ1) is 38.7. The average molecular weight is 668 g/mol. The predicted molar refractivity (Wildman–Crippen MR) is 194 cm³/mol. The Labute approximate surface area is 288 Å². The molecule has 0 aliphatic heterocycles. The molecule has 262 valence electrons. The van der Waals surface area contributed by atoms with Gasteiger partial charge in [-0.05, 0) is 87.1 Å². The molecule has 1 atom stereocenters. The van der Waals surface area contributed by atoms with E-state index in [0.29, 0.717) is 31.2 Å². The number of amides is 2. The molecular weight excluding hydrogens is 607 g/mol. The van der Waals surface area contributed by atoms with Crippen LogP contribution < -0.4 is 15.4 Å². The summed E-state index contributed by atoms with van der Waals surface area (Å²) >= 11 is 1.84. The topological polar surface area (TPSA) is 87.7 Å². The highest BCUT2D eigenvalue weighted by Gasteiger charge is 2.26. The van der Waals surface area contributed by atoms with Gasteiger partial charge in [0.25, 0.3) is 0 Å². The Bertz CT molecular complexity index is 1170. The number of carbonyl (C=O) groups is 3. The minimum absolute atomic E-state index is 0.0174. The first-order chi connectivity index (χ1) is 23.0. The van der Waals surface area contributed by atoms with Crippen LogP contribution in [-0.4, -0.2) is 54.9 Å². The molecular formula is C39H61N3O4S. The van der Waals surface area contributed by atoms with Crippen LogP contribution in [-0.2, 0) is 33.6 Å². The minimum atomic E-state index is -0.288. The summed E-state index contributed by atoms with van der Waals surface area (Å²) < 4.78 is 5.81. The summed E-state index contributed by atoms with van der Waals surface area (Å²) in [5, 5.41) is 7.91. The maximum Gasteiger partial charge on any atom is 0.312 e. The molecule has 0 saturated carbocycles. The number of hydrogen-bond acceptors (Lipinski definition) is 6. The van der Waals surface area contributed by atoms with Crippen molar-refractivity contribution in [2.75, 3.05) is 26.2 Å². The van der Waals surface area contributed by atoms with E-state index in [9.17, 15) is 14.4 Å². The molecule has 1 aliphatic carbocycles. The molecule has 2 amide bonds. The third kappa shape index (κ3) is 15.8. The number of rotatable bonds is 25. The zero-order valence-corrected chi connectivity index (χ0v) is 30.1. The highest BCUT2D eigenvalue weighted by molar-refractivity contribution is 7.09. The summed E-state index contributed by atoms with van der Waals surface area (Å²) in [7, 11) is 0. The van der Waals surface area contributed by atoms with Crippen LogP contribution in [0.3, 0.4) is 0 Å². The van der Waals surface area contributed by atoms with Crippen molar-refractivity contribution < 1.29 is 19.1 Å². The van der Waals surface area contributed by atoms with Gasteiger partial charge in [0.2, 0.25) is 11.8 Å². The third-order valence-electron chi connectivity index (χ3n) is 9.22. The quantitative estimate of drug-likeness (QED) is 0.0634. The molecule has 0 bridgehead atoms. The summed E-state index contributed by atoms with van der Waals surface area (Å²) in [5.41, 5.74) is 2.46. The molecule has 1 aromatic carbocycles. The van der Waals surface area contributed by atoms with Gasteiger partial charge in [0, 0.05) is 43.4 Å². The molecule has 47 heavy (non-hydrogen) atoms. The van der Waals surface area contributed by atoms with Crippen molar-refractivity contribution in [2.24, 2.45) is 0 Å². The van der Waals surface area contributed by atoms with Crippen LogP contribution in [0.2, 0.25) is 0 Å². The molecule has 3 rings (SSSR count). The Morgan fingerprint density at radius 3 is 2.09 bits per heavy atom. The SMILES string of the molecule is CCCN(CCc1cccs1)[C@H]1CCc2c(cccc2OC(=O)CCNC(=O)CCCCCCCCCCCCCC(=O)NCC)C1. The maximum atomic E-state index is 12.7. The number of ether oxygens (including phenoxy) is 1. The lowest BCUT2D eigenvalue weighted by molar-refractivity contribution is -0.134. The maximum absolute atomic E-state index is 12.7. The molecule has 0 radical (unpaired) electrons. The number of unbranched alkanes of at least 4 members (excludes halogenated alkanes) is 10. The fourth-order valence-corrected chi connectivity index (χ4v) is 7.34. The fourth-order valence-electron chi connectivity index (χ4n) is 6.65. The van der Waals surface area contributed by atoms with Crippen molar-refractivity contribution in [3.63, 3.8) is 0 Å². The molecule has 0 saturated heterocycles. The lowest BCUT2D eigenvalue weighted by Gasteiger charge is -2.35. The first-order valence-corrected chi connectivity index (χ1v) is 19.5. The van der Waals surface area contributed by atoms with E-state index in [1.54, 1.807) is 0 Å². The lowest BCUT2D eigenvalue weighted by atomic mass is 9.86. The summed E-state index contributed by atoms with van der Waals surface area (Å²) in [6.45, 7) is 7.44. The van der Waals surface area contributed by atoms with Gasteiger partial charge < -0.3 is 15.4 Å². The predicted octanol–water partition coefficient (Wildman–Crippen LogP) is 8.18. The van der Waals surface area contributed by atoms with E-state index in [2.05, 4.69) is 46.0 Å². The summed E-state index contributed by atoms with van der Waals surface area (Å²) in [5.74, 6) is 0.592. The van der Waals surface area contributed by atoms with Crippen LogP contribution in [0.25, 0.3) is 0 Å².